The van der Waals surface area contributed by atoms with Crippen molar-refractivity contribution in [2.45, 2.75) is 51.5 Å². The summed E-state index contributed by atoms with van der Waals surface area (Å²) in [6.45, 7) is 4.36. The molecule has 1 aliphatic rings. The Labute approximate surface area is 96.1 Å². The van der Waals surface area contributed by atoms with E-state index in [-0.39, 0.29) is 0 Å². The first-order chi connectivity index (χ1) is 7.40. The lowest BCUT2D eigenvalue weighted by Gasteiger charge is -2.22. The average molecular weight is 224 g/mol. The largest absolute Gasteiger partial charge is 0.312 e. The van der Waals surface area contributed by atoms with Crippen LogP contribution in [0, 0.1) is 0 Å². The van der Waals surface area contributed by atoms with Crippen molar-refractivity contribution in [2.75, 3.05) is 6.54 Å². The maximum atomic E-state index is 4.52. The third-order valence-corrected chi connectivity index (χ3v) is 4.19. The van der Waals surface area contributed by atoms with Crippen molar-refractivity contribution >= 4 is 11.3 Å². The summed E-state index contributed by atoms with van der Waals surface area (Å²) in [6.07, 6.45) is 8.70. The zero-order valence-electron chi connectivity index (χ0n) is 9.46. The van der Waals surface area contributed by atoms with Crippen LogP contribution in [0.4, 0.5) is 0 Å². The molecule has 1 aromatic heterocycles. The van der Waals surface area contributed by atoms with Crippen molar-refractivity contribution in [2.24, 2.45) is 0 Å². The third kappa shape index (κ3) is 3.02. The highest BCUT2D eigenvalue weighted by Gasteiger charge is 2.22. The molecule has 84 valence electrons. The predicted octanol–water partition coefficient (Wildman–Crippen LogP) is 3.30. The number of unbranched alkanes of at least 4 members (excludes halogenated alkanes) is 1. The fourth-order valence-electron chi connectivity index (χ4n) is 1.76. The zero-order valence-corrected chi connectivity index (χ0v) is 10.3. The van der Waals surface area contributed by atoms with Gasteiger partial charge in [-0.25, -0.2) is 4.98 Å². The van der Waals surface area contributed by atoms with E-state index < -0.39 is 0 Å². The second-order valence-electron chi connectivity index (χ2n) is 4.32. The van der Waals surface area contributed by atoms with Crippen LogP contribution in [0.25, 0.3) is 0 Å². The molecule has 0 spiro atoms. The van der Waals surface area contributed by atoms with Crippen LogP contribution in [0.3, 0.4) is 0 Å². The summed E-state index contributed by atoms with van der Waals surface area (Å²) >= 11 is 1.90. The Bertz CT molecular complexity index is 292. The number of nitrogens with zero attached hydrogens (tertiary/aromatic N) is 1. The summed E-state index contributed by atoms with van der Waals surface area (Å²) in [7, 11) is 0. The fraction of sp³-hybridized carbons (Fsp3) is 0.750. The van der Waals surface area contributed by atoms with Crippen LogP contribution in [0.5, 0.6) is 0 Å². The summed E-state index contributed by atoms with van der Waals surface area (Å²) in [5.41, 5.74) is 0. The van der Waals surface area contributed by atoms with Gasteiger partial charge in [0.25, 0.3) is 0 Å². The summed E-state index contributed by atoms with van der Waals surface area (Å²) in [6, 6.07) is 0. The molecule has 0 radical (unpaired) electrons. The van der Waals surface area contributed by atoms with Crippen LogP contribution in [-0.4, -0.2) is 11.5 Å². The molecule has 1 aromatic rings. The first-order valence-corrected chi connectivity index (χ1v) is 6.87. The number of thiazole rings is 1. The van der Waals surface area contributed by atoms with Crippen LogP contribution in [0.2, 0.25) is 0 Å². The fourth-order valence-corrected chi connectivity index (χ4v) is 2.82. The van der Waals surface area contributed by atoms with E-state index in [1.807, 2.05) is 11.3 Å². The first-order valence-electron chi connectivity index (χ1n) is 6.05. The highest BCUT2D eigenvalue weighted by molar-refractivity contribution is 7.11. The predicted molar refractivity (Wildman–Crippen MR) is 65.3 cm³/mol. The minimum atomic E-state index is 0.791. The van der Waals surface area contributed by atoms with E-state index in [0.29, 0.717) is 0 Å². The van der Waals surface area contributed by atoms with E-state index in [0.717, 1.165) is 19.0 Å². The average Bonchev–Trinajstić information content (AvgIpc) is 2.58. The second-order valence-corrected chi connectivity index (χ2v) is 5.47. The molecule has 1 fully saturated rings. The van der Waals surface area contributed by atoms with E-state index in [9.17, 15) is 0 Å². The number of nitrogens with one attached hydrogen (secondary N) is 1. The van der Waals surface area contributed by atoms with E-state index >= 15 is 0 Å². The van der Waals surface area contributed by atoms with Gasteiger partial charge in [0.15, 0.2) is 0 Å². The van der Waals surface area contributed by atoms with Crippen LogP contribution in [0.15, 0.2) is 6.20 Å². The third-order valence-electron chi connectivity index (χ3n) is 3.03. The van der Waals surface area contributed by atoms with E-state index in [4.69, 9.17) is 0 Å². The van der Waals surface area contributed by atoms with Gasteiger partial charge in [-0.3, -0.25) is 0 Å². The second kappa shape index (κ2) is 5.61. The van der Waals surface area contributed by atoms with Crippen molar-refractivity contribution < 1.29 is 0 Å². The molecule has 0 aromatic carbocycles. The van der Waals surface area contributed by atoms with Gasteiger partial charge in [0.05, 0.1) is 5.01 Å². The lowest BCUT2D eigenvalue weighted by Crippen LogP contribution is -2.13. The number of rotatable bonds is 6. The number of hydrogen-bond acceptors (Lipinski definition) is 3. The zero-order chi connectivity index (χ0) is 10.5. The number of hydrogen-bond donors (Lipinski definition) is 1. The van der Waals surface area contributed by atoms with Crippen molar-refractivity contribution in [3.05, 3.63) is 16.1 Å². The highest BCUT2D eigenvalue weighted by atomic mass is 32.1. The lowest BCUT2D eigenvalue weighted by atomic mass is 9.86. The minimum absolute atomic E-state index is 0.791. The van der Waals surface area contributed by atoms with Gasteiger partial charge >= 0.3 is 0 Å². The molecule has 0 saturated heterocycles. The summed E-state index contributed by atoms with van der Waals surface area (Å²) < 4.78 is 0. The van der Waals surface area contributed by atoms with Crippen molar-refractivity contribution in [3.63, 3.8) is 0 Å². The van der Waals surface area contributed by atoms with Gasteiger partial charge in [0.2, 0.25) is 0 Å². The smallest absolute Gasteiger partial charge is 0.0959 e. The molecule has 0 bridgehead atoms. The molecule has 2 nitrogen and oxygen atoms in total. The van der Waals surface area contributed by atoms with Gasteiger partial charge < -0.3 is 5.32 Å². The quantitative estimate of drug-likeness (QED) is 0.750. The molecule has 0 amide bonds. The van der Waals surface area contributed by atoms with Crippen molar-refractivity contribution in [1.82, 2.24) is 10.3 Å². The molecular weight excluding hydrogens is 204 g/mol. The molecule has 0 atom stereocenters. The summed E-state index contributed by atoms with van der Waals surface area (Å²) in [5.74, 6) is 0.791. The molecule has 15 heavy (non-hydrogen) atoms. The van der Waals surface area contributed by atoms with Crippen molar-refractivity contribution in [1.29, 1.82) is 0 Å². The molecule has 1 saturated carbocycles. The van der Waals surface area contributed by atoms with E-state index in [2.05, 4.69) is 23.4 Å². The van der Waals surface area contributed by atoms with Gasteiger partial charge in [-0.05, 0) is 25.8 Å². The van der Waals surface area contributed by atoms with Crippen molar-refractivity contribution in [3.8, 4) is 0 Å². The molecule has 1 aliphatic carbocycles. The molecule has 1 N–H and O–H groups in total. The van der Waals surface area contributed by atoms with Gasteiger partial charge in [0.1, 0.15) is 0 Å². The van der Waals surface area contributed by atoms with Crippen LogP contribution < -0.4 is 5.32 Å². The summed E-state index contributed by atoms with van der Waals surface area (Å²) in [5, 5.41) is 4.83. The maximum Gasteiger partial charge on any atom is 0.0959 e. The SMILES string of the molecule is CCCCNCc1cnc(C2CCC2)s1. The van der Waals surface area contributed by atoms with E-state index in [1.165, 1.54) is 42.0 Å². The molecule has 1 heterocycles. The van der Waals surface area contributed by atoms with Crippen LogP contribution in [-0.2, 0) is 6.54 Å². The Hall–Kier alpha value is -0.410. The summed E-state index contributed by atoms with van der Waals surface area (Å²) in [4.78, 5) is 5.91. The molecule has 3 heteroatoms. The lowest BCUT2D eigenvalue weighted by molar-refractivity contribution is 0.418. The topological polar surface area (TPSA) is 24.9 Å². The maximum absolute atomic E-state index is 4.52. The van der Waals surface area contributed by atoms with Gasteiger partial charge in [-0.1, -0.05) is 19.8 Å². The van der Waals surface area contributed by atoms with Gasteiger partial charge in [0, 0.05) is 23.5 Å². The number of aromatic nitrogens is 1. The van der Waals surface area contributed by atoms with Gasteiger partial charge in [-0.2, -0.15) is 0 Å². The molecular formula is C12H20N2S. The Morgan fingerprint density at radius 2 is 2.40 bits per heavy atom. The Kier molecular flexibility index (Phi) is 4.15. The molecule has 0 unspecified atom stereocenters. The monoisotopic (exact) mass is 224 g/mol. The molecule has 0 aliphatic heterocycles. The highest BCUT2D eigenvalue weighted by Crippen LogP contribution is 2.38. The van der Waals surface area contributed by atoms with Crippen LogP contribution >= 0.6 is 11.3 Å². The normalized spacial score (nSPS) is 16.6. The van der Waals surface area contributed by atoms with Gasteiger partial charge in [-0.15, -0.1) is 11.3 Å². The standard InChI is InChI=1S/C12H20N2S/c1-2-3-7-13-8-11-9-14-12(15-11)10-5-4-6-10/h9-10,13H,2-8H2,1H3. The minimum Gasteiger partial charge on any atom is -0.312 e. The molecule has 2 rings (SSSR count). The Balaban J connectivity index is 1.74. The first kappa shape index (κ1) is 11.1. The van der Waals surface area contributed by atoms with E-state index in [1.54, 1.807) is 0 Å². The Morgan fingerprint density at radius 1 is 1.53 bits per heavy atom. The Morgan fingerprint density at radius 3 is 3.07 bits per heavy atom. The van der Waals surface area contributed by atoms with Crippen LogP contribution in [0.1, 0.15) is 54.8 Å².